The second-order valence-electron chi connectivity index (χ2n) is 6.54. The van der Waals surface area contributed by atoms with Gasteiger partial charge in [-0.05, 0) is 66.2 Å². The Morgan fingerprint density at radius 1 is 1.09 bits per heavy atom. The Morgan fingerprint density at radius 3 is 2.45 bits per heavy atom. The van der Waals surface area contributed by atoms with Gasteiger partial charge >= 0.3 is 0 Å². The maximum absolute atomic E-state index is 12.9. The molecule has 0 aliphatic rings. The lowest BCUT2D eigenvalue weighted by Gasteiger charge is -2.07. The second kappa shape index (κ2) is 10.8. The number of anilines is 1. The highest BCUT2D eigenvalue weighted by Crippen LogP contribution is 2.25. The molecule has 0 radical (unpaired) electrons. The van der Waals surface area contributed by atoms with Crippen molar-refractivity contribution in [2.75, 3.05) is 11.9 Å². The van der Waals surface area contributed by atoms with Gasteiger partial charge in [-0.25, -0.2) is 9.82 Å². The molecule has 0 aliphatic carbocycles. The number of amides is 2. The Labute approximate surface area is 192 Å². The Morgan fingerprint density at radius 2 is 1.79 bits per heavy atom. The van der Waals surface area contributed by atoms with Crippen LogP contribution in [0.2, 0.25) is 5.02 Å². The Bertz CT molecular complexity index is 1200. The summed E-state index contributed by atoms with van der Waals surface area (Å²) in [5.41, 5.74) is 3.00. The van der Waals surface area contributed by atoms with Crippen molar-refractivity contribution in [3.63, 3.8) is 0 Å². The number of nitrogens with one attached hydrogen (secondary N) is 2. The molecule has 0 heterocycles. The minimum Gasteiger partial charge on any atom is -0.484 e. The van der Waals surface area contributed by atoms with Crippen LogP contribution in [0.3, 0.4) is 0 Å². The van der Waals surface area contributed by atoms with Gasteiger partial charge < -0.3 is 10.1 Å². The summed E-state index contributed by atoms with van der Waals surface area (Å²) < 4.78 is 18.3. The number of hydrazone groups is 1. The van der Waals surface area contributed by atoms with E-state index in [1.165, 1.54) is 42.6 Å². The highest BCUT2D eigenvalue weighted by molar-refractivity contribution is 6.32. The van der Waals surface area contributed by atoms with E-state index in [1.54, 1.807) is 24.3 Å². The maximum atomic E-state index is 12.9. The third kappa shape index (κ3) is 6.84. The van der Waals surface area contributed by atoms with Gasteiger partial charge in [0, 0.05) is 17.3 Å². The molecule has 33 heavy (non-hydrogen) atoms. The SMILES string of the molecule is O=C(COc1ccc(/C=N\NC(=O)c2ccc(Cl)c([N+](=O)[O-])c2)cc1)Nc1ccc(F)cc1. The van der Waals surface area contributed by atoms with Gasteiger partial charge in [-0.3, -0.25) is 19.7 Å². The topological polar surface area (TPSA) is 123 Å². The number of carbonyl (C=O) groups excluding carboxylic acids is 2. The lowest BCUT2D eigenvalue weighted by molar-refractivity contribution is -0.384. The number of carbonyl (C=O) groups is 2. The van der Waals surface area contributed by atoms with E-state index in [1.807, 2.05) is 0 Å². The molecule has 0 spiro atoms. The normalized spacial score (nSPS) is 10.6. The first-order chi connectivity index (χ1) is 15.8. The third-order valence-electron chi connectivity index (χ3n) is 4.16. The zero-order valence-corrected chi connectivity index (χ0v) is 17.6. The maximum Gasteiger partial charge on any atom is 0.288 e. The fourth-order valence-corrected chi connectivity index (χ4v) is 2.74. The molecule has 9 nitrogen and oxygen atoms in total. The molecule has 2 amide bonds. The number of rotatable bonds is 8. The van der Waals surface area contributed by atoms with Crippen LogP contribution in [-0.4, -0.2) is 29.6 Å². The third-order valence-corrected chi connectivity index (χ3v) is 4.48. The van der Waals surface area contributed by atoms with Gasteiger partial charge in [-0.2, -0.15) is 5.10 Å². The van der Waals surface area contributed by atoms with Gasteiger partial charge in [-0.1, -0.05) is 11.6 Å². The molecule has 0 unspecified atom stereocenters. The van der Waals surface area contributed by atoms with E-state index >= 15 is 0 Å². The number of nitro groups is 1. The summed E-state index contributed by atoms with van der Waals surface area (Å²) in [4.78, 5) is 34.2. The standard InChI is InChI=1S/C22H16ClFN4O5/c23-19-10-3-15(11-20(19)28(31)32)22(30)27-25-12-14-1-8-18(9-2-14)33-13-21(29)26-17-6-4-16(24)5-7-17/h1-12H,13H2,(H,26,29)(H,27,30)/b25-12-. The predicted molar refractivity (Wildman–Crippen MR) is 120 cm³/mol. The molecule has 0 aromatic heterocycles. The van der Waals surface area contributed by atoms with Crippen LogP contribution in [0.4, 0.5) is 15.8 Å². The average Bonchev–Trinajstić information content (AvgIpc) is 2.80. The predicted octanol–water partition coefficient (Wildman–Crippen LogP) is 4.17. The molecule has 0 atom stereocenters. The van der Waals surface area contributed by atoms with E-state index in [2.05, 4.69) is 15.8 Å². The zero-order valence-electron chi connectivity index (χ0n) is 16.8. The van der Waals surface area contributed by atoms with Crippen LogP contribution in [-0.2, 0) is 4.79 Å². The van der Waals surface area contributed by atoms with E-state index in [0.717, 1.165) is 6.07 Å². The number of ether oxygens (including phenoxy) is 1. The van der Waals surface area contributed by atoms with Crippen molar-refractivity contribution in [3.8, 4) is 5.75 Å². The number of benzene rings is 3. The molecule has 3 aromatic carbocycles. The summed E-state index contributed by atoms with van der Waals surface area (Å²) in [7, 11) is 0. The molecule has 0 saturated heterocycles. The van der Waals surface area contributed by atoms with Crippen molar-refractivity contribution in [1.82, 2.24) is 5.43 Å². The van der Waals surface area contributed by atoms with E-state index < -0.39 is 22.6 Å². The van der Waals surface area contributed by atoms with Crippen LogP contribution in [0.1, 0.15) is 15.9 Å². The highest BCUT2D eigenvalue weighted by Gasteiger charge is 2.16. The first-order valence-electron chi connectivity index (χ1n) is 9.37. The van der Waals surface area contributed by atoms with Crippen molar-refractivity contribution in [2.24, 2.45) is 5.10 Å². The van der Waals surface area contributed by atoms with Crippen LogP contribution in [0, 0.1) is 15.9 Å². The molecule has 3 rings (SSSR count). The smallest absolute Gasteiger partial charge is 0.288 e. The summed E-state index contributed by atoms with van der Waals surface area (Å²) >= 11 is 5.73. The zero-order chi connectivity index (χ0) is 23.8. The summed E-state index contributed by atoms with van der Waals surface area (Å²) in [5, 5.41) is 17.2. The average molecular weight is 471 g/mol. The monoisotopic (exact) mass is 470 g/mol. The van der Waals surface area contributed by atoms with E-state index in [9.17, 15) is 24.1 Å². The molecule has 0 aliphatic heterocycles. The molecule has 168 valence electrons. The summed E-state index contributed by atoms with van der Waals surface area (Å²) in [6, 6.07) is 15.5. The van der Waals surface area contributed by atoms with Gasteiger partial charge in [0.1, 0.15) is 16.6 Å². The Balaban J connectivity index is 1.49. The first kappa shape index (κ1) is 23.4. The summed E-state index contributed by atoms with van der Waals surface area (Å²) in [6.45, 7) is -0.242. The second-order valence-corrected chi connectivity index (χ2v) is 6.94. The van der Waals surface area contributed by atoms with Crippen molar-refractivity contribution < 1.29 is 23.6 Å². The molecule has 0 bridgehead atoms. The Kier molecular flexibility index (Phi) is 7.66. The molecule has 3 aromatic rings. The molecular weight excluding hydrogens is 455 g/mol. The summed E-state index contributed by atoms with van der Waals surface area (Å²) in [6.07, 6.45) is 1.37. The fourth-order valence-electron chi connectivity index (χ4n) is 2.55. The fraction of sp³-hybridized carbons (Fsp3) is 0.0455. The van der Waals surface area contributed by atoms with Crippen LogP contribution in [0.5, 0.6) is 5.75 Å². The lowest BCUT2D eigenvalue weighted by Crippen LogP contribution is -2.20. The van der Waals surface area contributed by atoms with Crippen molar-refractivity contribution >= 4 is 41.0 Å². The van der Waals surface area contributed by atoms with Gasteiger partial charge in [0.05, 0.1) is 11.1 Å². The molecule has 11 heteroatoms. The van der Waals surface area contributed by atoms with Gasteiger partial charge in [0.25, 0.3) is 17.5 Å². The van der Waals surface area contributed by atoms with Crippen molar-refractivity contribution in [2.45, 2.75) is 0 Å². The van der Waals surface area contributed by atoms with Gasteiger partial charge in [0.15, 0.2) is 6.61 Å². The number of nitro benzene ring substituents is 1. The minimum absolute atomic E-state index is 0.0333. The van der Waals surface area contributed by atoms with Crippen LogP contribution >= 0.6 is 11.6 Å². The largest absolute Gasteiger partial charge is 0.484 e. The molecule has 0 saturated carbocycles. The van der Waals surface area contributed by atoms with Crippen molar-refractivity contribution in [1.29, 1.82) is 0 Å². The van der Waals surface area contributed by atoms with Gasteiger partial charge in [-0.15, -0.1) is 0 Å². The number of hydrogen-bond acceptors (Lipinski definition) is 6. The summed E-state index contributed by atoms with van der Waals surface area (Å²) in [5.74, 6) is -1.02. The number of hydrogen-bond donors (Lipinski definition) is 2. The first-order valence-corrected chi connectivity index (χ1v) is 9.75. The molecule has 0 fully saturated rings. The number of halogens is 2. The van der Waals surface area contributed by atoms with E-state index in [4.69, 9.17) is 16.3 Å². The van der Waals surface area contributed by atoms with E-state index in [-0.39, 0.29) is 22.9 Å². The number of nitrogens with zero attached hydrogens (tertiary/aromatic N) is 2. The van der Waals surface area contributed by atoms with Crippen LogP contribution in [0.25, 0.3) is 0 Å². The van der Waals surface area contributed by atoms with Crippen LogP contribution < -0.4 is 15.5 Å². The van der Waals surface area contributed by atoms with E-state index in [0.29, 0.717) is 17.0 Å². The lowest BCUT2D eigenvalue weighted by atomic mass is 10.2. The quantitative estimate of drug-likeness (QED) is 0.290. The minimum atomic E-state index is -0.682. The van der Waals surface area contributed by atoms with Crippen LogP contribution in [0.15, 0.2) is 71.8 Å². The van der Waals surface area contributed by atoms with Crippen molar-refractivity contribution in [3.05, 3.63) is 98.8 Å². The Hall–Kier alpha value is -4.31. The molecule has 2 N–H and O–H groups in total. The highest BCUT2D eigenvalue weighted by atomic mass is 35.5. The van der Waals surface area contributed by atoms with Gasteiger partial charge in [0.2, 0.25) is 0 Å². The molecular formula is C22H16ClFN4O5.